The molecular formula is C18H20N4O3S. The molecule has 2 aromatic rings. The summed E-state index contributed by atoms with van der Waals surface area (Å²) in [5, 5.41) is 14.4. The predicted molar refractivity (Wildman–Crippen MR) is 101 cm³/mol. The third kappa shape index (κ3) is 5.32. The van der Waals surface area contributed by atoms with Gasteiger partial charge in [0.05, 0.1) is 0 Å². The quantitative estimate of drug-likeness (QED) is 0.598. The molecule has 8 heteroatoms. The number of benzene rings is 1. The average molecular weight is 372 g/mol. The maximum Gasteiger partial charge on any atom is 0.251 e. The molecule has 0 unspecified atom stereocenters. The summed E-state index contributed by atoms with van der Waals surface area (Å²) in [6, 6.07) is 6.53. The number of amides is 2. The largest absolute Gasteiger partial charge is 0.322 e. The minimum Gasteiger partial charge on any atom is -0.322 e. The van der Waals surface area contributed by atoms with Gasteiger partial charge >= 0.3 is 0 Å². The summed E-state index contributed by atoms with van der Waals surface area (Å²) in [6.07, 6.45) is 1.20. The van der Waals surface area contributed by atoms with E-state index in [-0.39, 0.29) is 17.3 Å². The maximum absolute atomic E-state index is 12.2. The van der Waals surface area contributed by atoms with Gasteiger partial charge in [-0.3, -0.25) is 19.7 Å². The zero-order chi connectivity index (χ0) is 19.3. The van der Waals surface area contributed by atoms with Gasteiger partial charge in [0.25, 0.3) is 11.8 Å². The number of aromatic nitrogens is 2. The van der Waals surface area contributed by atoms with Gasteiger partial charge < -0.3 is 5.32 Å². The molecule has 0 radical (unpaired) electrons. The molecule has 7 nitrogen and oxygen atoms in total. The number of hydrogen-bond acceptors (Lipinski definition) is 6. The van der Waals surface area contributed by atoms with Gasteiger partial charge in [-0.05, 0) is 38.1 Å². The first-order valence-electron chi connectivity index (χ1n) is 8.01. The van der Waals surface area contributed by atoms with E-state index in [4.69, 9.17) is 0 Å². The highest BCUT2D eigenvalue weighted by Crippen LogP contribution is 2.22. The smallest absolute Gasteiger partial charge is 0.251 e. The van der Waals surface area contributed by atoms with E-state index >= 15 is 0 Å². The molecule has 2 amide bonds. The molecule has 0 atom stereocenters. The van der Waals surface area contributed by atoms with Crippen molar-refractivity contribution in [1.29, 1.82) is 0 Å². The summed E-state index contributed by atoms with van der Waals surface area (Å²) in [5.41, 5.74) is 1.35. The van der Waals surface area contributed by atoms with Gasteiger partial charge in [0, 0.05) is 28.8 Å². The third-order valence-corrected chi connectivity index (χ3v) is 4.56. The van der Waals surface area contributed by atoms with Gasteiger partial charge in [-0.25, -0.2) is 0 Å². The standard InChI is InChI=1S/C18H20N4O3S/c1-10(2)17-21-22-18(26-17)20-15(24)9-11(3)16(25)19-14-7-5-13(6-8-14)12(4)23/h5-10H,1-4H3,(H,19,25)(H,20,22,24)/b11-9-. The Hall–Kier alpha value is -2.87. The van der Waals surface area contributed by atoms with Crippen LogP contribution in [0.25, 0.3) is 0 Å². The molecule has 0 fully saturated rings. The van der Waals surface area contributed by atoms with Gasteiger partial charge in [-0.1, -0.05) is 25.2 Å². The first-order valence-corrected chi connectivity index (χ1v) is 8.83. The van der Waals surface area contributed by atoms with E-state index in [9.17, 15) is 14.4 Å². The predicted octanol–water partition coefficient (Wildman–Crippen LogP) is 3.39. The van der Waals surface area contributed by atoms with E-state index in [1.54, 1.807) is 31.2 Å². The highest BCUT2D eigenvalue weighted by atomic mass is 32.1. The molecule has 2 rings (SSSR count). The Bertz CT molecular complexity index is 854. The lowest BCUT2D eigenvalue weighted by molar-refractivity contribution is -0.114. The normalized spacial score (nSPS) is 11.3. The Morgan fingerprint density at radius 2 is 1.69 bits per heavy atom. The van der Waals surface area contributed by atoms with E-state index in [1.165, 1.54) is 24.3 Å². The molecule has 0 aliphatic rings. The van der Waals surface area contributed by atoms with Crippen molar-refractivity contribution in [2.24, 2.45) is 0 Å². The average Bonchev–Trinajstić information content (AvgIpc) is 3.03. The van der Waals surface area contributed by atoms with Crippen molar-refractivity contribution in [3.8, 4) is 0 Å². The third-order valence-electron chi connectivity index (χ3n) is 3.42. The number of nitrogens with one attached hydrogen (secondary N) is 2. The van der Waals surface area contributed by atoms with E-state index in [0.29, 0.717) is 16.4 Å². The molecule has 26 heavy (non-hydrogen) atoms. The molecule has 136 valence electrons. The Kier molecular flexibility index (Phi) is 6.35. The molecule has 0 aliphatic carbocycles. The van der Waals surface area contributed by atoms with Gasteiger partial charge in [0.1, 0.15) is 5.01 Å². The topological polar surface area (TPSA) is 101 Å². The molecular weight excluding hydrogens is 352 g/mol. The summed E-state index contributed by atoms with van der Waals surface area (Å²) in [7, 11) is 0. The van der Waals surface area contributed by atoms with Crippen molar-refractivity contribution in [2.45, 2.75) is 33.6 Å². The Morgan fingerprint density at radius 3 is 2.23 bits per heavy atom. The van der Waals surface area contributed by atoms with Crippen molar-refractivity contribution in [2.75, 3.05) is 10.6 Å². The number of anilines is 2. The molecule has 0 bridgehead atoms. The minimum absolute atomic E-state index is 0.0482. The lowest BCUT2D eigenvalue weighted by atomic mass is 10.1. The number of rotatable bonds is 6. The summed E-state index contributed by atoms with van der Waals surface area (Å²) >= 11 is 1.30. The first kappa shape index (κ1) is 19.5. The monoisotopic (exact) mass is 372 g/mol. The van der Waals surface area contributed by atoms with Crippen LogP contribution in [0, 0.1) is 0 Å². The van der Waals surface area contributed by atoms with E-state index < -0.39 is 11.8 Å². The molecule has 0 spiro atoms. The first-order chi connectivity index (χ1) is 12.3. The van der Waals surface area contributed by atoms with E-state index in [2.05, 4.69) is 20.8 Å². The fourth-order valence-electron chi connectivity index (χ4n) is 1.94. The summed E-state index contributed by atoms with van der Waals surface area (Å²) < 4.78 is 0. The van der Waals surface area contributed by atoms with Gasteiger partial charge in [-0.15, -0.1) is 10.2 Å². The number of carbonyl (C=O) groups is 3. The van der Waals surface area contributed by atoms with Crippen LogP contribution in [-0.2, 0) is 9.59 Å². The van der Waals surface area contributed by atoms with Gasteiger partial charge in [0.15, 0.2) is 5.78 Å². The van der Waals surface area contributed by atoms with Gasteiger partial charge in [-0.2, -0.15) is 0 Å². The van der Waals surface area contributed by atoms with E-state index in [0.717, 1.165) is 5.01 Å². The van der Waals surface area contributed by atoms with Crippen LogP contribution in [0.2, 0.25) is 0 Å². The van der Waals surface area contributed by atoms with Crippen LogP contribution in [0.5, 0.6) is 0 Å². The van der Waals surface area contributed by atoms with Crippen LogP contribution in [0.1, 0.15) is 49.0 Å². The lowest BCUT2D eigenvalue weighted by Gasteiger charge is -2.06. The summed E-state index contributed by atoms with van der Waals surface area (Å²) in [5.74, 6) is -0.671. The molecule has 1 heterocycles. The van der Waals surface area contributed by atoms with Crippen molar-refractivity contribution in [1.82, 2.24) is 10.2 Å². The summed E-state index contributed by atoms with van der Waals surface area (Å²) in [6.45, 7) is 6.99. The SMILES string of the molecule is CC(=O)c1ccc(NC(=O)/C(C)=C\C(=O)Nc2nnc(C(C)C)s2)cc1. The zero-order valence-electron chi connectivity index (χ0n) is 15.0. The van der Waals surface area contributed by atoms with Gasteiger partial charge in [0.2, 0.25) is 5.13 Å². The molecule has 1 aromatic carbocycles. The highest BCUT2D eigenvalue weighted by molar-refractivity contribution is 7.15. The van der Waals surface area contributed by atoms with Crippen LogP contribution in [0.3, 0.4) is 0 Å². The van der Waals surface area contributed by atoms with Crippen LogP contribution in [-0.4, -0.2) is 27.8 Å². The number of hydrogen-bond donors (Lipinski definition) is 2. The molecule has 2 N–H and O–H groups in total. The number of nitrogens with zero attached hydrogens (tertiary/aromatic N) is 2. The van der Waals surface area contributed by atoms with Crippen LogP contribution >= 0.6 is 11.3 Å². The van der Waals surface area contributed by atoms with E-state index in [1.807, 2.05) is 13.8 Å². The molecule has 0 saturated heterocycles. The Morgan fingerprint density at radius 1 is 1.04 bits per heavy atom. The highest BCUT2D eigenvalue weighted by Gasteiger charge is 2.11. The summed E-state index contributed by atoms with van der Waals surface area (Å²) in [4.78, 5) is 35.4. The van der Waals surface area contributed by atoms with Crippen molar-refractivity contribution in [3.63, 3.8) is 0 Å². The lowest BCUT2D eigenvalue weighted by Crippen LogP contribution is -2.16. The number of Topliss-reactive ketones (excluding diaryl/α,β-unsaturated/α-hetero) is 1. The fourth-order valence-corrected chi connectivity index (χ4v) is 2.69. The number of carbonyl (C=O) groups excluding carboxylic acids is 3. The second-order valence-corrected chi connectivity index (χ2v) is 7.01. The second kappa shape index (κ2) is 8.48. The maximum atomic E-state index is 12.2. The number of ketones is 1. The van der Waals surface area contributed by atoms with Crippen LogP contribution < -0.4 is 10.6 Å². The Balaban J connectivity index is 1.97. The van der Waals surface area contributed by atoms with Crippen molar-refractivity contribution >= 4 is 39.8 Å². The molecule has 0 saturated carbocycles. The molecule has 1 aromatic heterocycles. The van der Waals surface area contributed by atoms with Crippen LogP contribution in [0.15, 0.2) is 35.9 Å². The zero-order valence-corrected chi connectivity index (χ0v) is 15.8. The minimum atomic E-state index is -0.448. The Labute approximate surface area is 155 Å². The van der Waals surface area contributed by atoms with Crippen molar-refractivity contribution in [3.05, 3.63) is 46.5 Å². The molecule has 0 aliphatic heterocycles. The second-order valence-electron chi connectivity index (χ2n) is 6.00. The van der Waals surface area contributed by atoms with Crippen molar-refractivity contribution < 1.29 is 14.4 Å². The fraction of sp³-hybridized carbons (Fsp3) is 0.278. The van der Waals surface area contributed by atoms with Crippen LogP contribution in [0.4, 0.5) is 10.8 Å².